The summed E-state index contributed by atoms with van der Waals surface area (Å²) in [7, 11) is -3.75. The molecule has 0 aromatic heterocycles. The molecule has 0 spiro atoms. The van der Waals surface area contributed by atoms with Gasteiger partial charge in [0.2, 0.25) is 15.9 Å². The minimum Gasteiger partial charge on any atom is -0.462 e. The van der Waals surface area contributed by atoms with Crippen LogP contribution in [0.25, 0.3) is 0 Å². The van der Waals surface area contributed by atoms with Gasteiger partial charge in [-0.1, -0.05) is 18.2 Å². The van der Waals surface area contributed by atoms with Gasteiger partial charge in [0.15, 0.2) is 0 Å². The molecule has 1 amide bonds. The lowest BCUT2D eigenvalue weighted by atomic mass is 10.2. The molecule has 8 nitrogen and oxygen atoms in total. The standard InChI is InChI=1S/C22H27N3O5S/c1-3-30-22(27)18-7-5-8-19(15-18)23-21(26)16-31(28,29)25-12-10-24(11-13-25)20-9-4-6-17(2)14-20/h4-9,14-15H,3,10-13,16H2,1-2H3,(H,23,26). The number of rotatable bonds is 7. The minimum absolute atomic E-state index is 0.241. The zero-order valence-electron chi connectivity index (χ0n) is 17.7. The van der Waals surface area contributed by atoms with Crippen molar-refractivity contribution >= 4 is 33.3 Å². The van der Waals surface area contributed by atoms with Crippen molar-refractivity contribution in [1.29, 1.82) is 0 Å². The molecule has 1 aliphatic rings. The van der Waals surface area contributed by atoms with E-state index in [9.17, 15) is 18.0 Å². The smallest absolute Gasteiger partial charge is 0.338 e. The minimum atomic E-state index is -3.75. The Kier molecular flexibility index (Phi) is 7.29. The van der Waals surface area contributed by atoms with E-state index in [1.807, 2.05) is 25.1 Å². The summed E-state index contributed by atoms with van der Waals surface area (Å²) in [6, 6.07) is 14.3. The largest absolute Gasteiger partial charge is 0.462 e. The van der Waals surface area contributed by atoms with Crippen LogP contribution >= 0.6 is 0 Å². The summed E-state index contributed by atoms with van der Waals surface area (Å²) < 4.78 is 31.7. The highest BCUT2D eigenvalue weighted by molar-refractivity contribution is 7.89. The molecular formula is C22H27N3O5S. The van der Waals surface area contributed by atoms with Gasteiger partial charge in [-0.2, -0.15) is 4.31 Å². The quantitative estimate of drug-likeness (QED) is 0.657. The topological polar surface area (TPSA) is 96.0 Å². The molecule has 0 aliphatic carbocycles. The molecule has 0 bridgehead atoms. The number of hydrogen-bond acceptors (Lipinski definition) is 6. The molecule has 1 saturated heterocycles. The fourth-order valence-electron chi connectivity index (χ4n) is 3.44. The van der Waals surface area contributed by atoms with Gasteiger partial charge in [0.05, 0.1) is 12.2 Å². The molecule has 0 unspecified atom stereocenters. The van der Waals surface area contributed by atoms with Gasteiger partial charge >= 0.3 is 5.97 Å². The molecule has 3 rings (SSSR count). The second-order valence-electron chi connectivity index (χ2n) is 7.33. The SMILES string of the molecule is CCOC(=O)c1cccc(NC(=O)CS(=O)(=O)N2CCN(c3cccc(C)c3)CC2)c1. The van der Waals surface area contributed by atoms with Crippen LogP contribution in [0.2, 0.25) is 0 Å². The van der Waals surface area contributed by atoms with Gasteiger partial charge in [-0.25, -0.2) is 13.2 Å². The summed E-state index contributed by atoms with van der Waals surface area (Å²) in [4.78, 5) is 26.3. The van der Waals surface area contributed by atoms with Gasteiger partial charge in [0, 0.05) is 37.6 Å². The molecule has 1 N–H and O–H groups in total. The van der Waals surface area contributed by atoms with E-state index in [4.69, 9.17) is 4.74 Å². The number of carbonyl (C=O) groups is 2. The Morgan fingerprint density at radius 1 is 1.03 bits per heavy atom. The van der Waals surface area contributed by atoms with Gasteiger partial charge in [-0.3, -0.25) is 4.79 Å². The van der Waals surface area contributed by atoms with Crippen molar-refractivity contribution in [2.24, 2.45) is 0 Å². The molecule has 2 aromatic rings. The number of amides is 1. The Balaban J connectivity index is 1.57. The first kappa shape index (κ1) is 22.8. The number of aryl methyl sites for hydroxylation is 1. The van der Waals surface area contributed by atoms with Crippen LogP contribution in [0.5, 0.6) is 0 Å². The first-order valence-electron chi connectivity index (χ1n) is 10.1. The number of ether oxygens (including phenoxy) is 1. The lowest BCUT2D eigenvalue weighted by Crippen LogP contribution is -2.50. The van der Waals surface area contributed by atoms with Crippen molar-refractivity contribution in [2.45, 2.75) is 13.8 Å². The van der Waals surface area contributed by atoms with Gasteiger partial charge in [0.1, 0.15) is 5.75 Å². The van der Waals surface area contributed by atoms with Crippen molar-refractivity contribution in [3.63, 3.8) is 0 Å². The summed E-state index contributed by atoms with van der Waals surface area (Å²) in [5.74, 6) is -1.80. The molecule has 166 valence electrons. The monoisotopic (exact) mass is 445 g/mol. The van der Waals surface area contributed by atoms with Crippen LogP contribution in [-0.4, -0.2) is 63.1 Å². The predicted molar refractivity (Wildman–Crippen MR) is 120 cm³/mol. The Morgan fingerprint density at radius 3 is 2.42 bits per heavy atom. The third-order valence-electron chi connectivity index (χ3n) is 4.97. The normalized spacial score (nSPS) is 14.8. The maximum absolute atomic E-state index is 12.7. The average Bonchev–Trinajstić information content (AvgIpc) is 2.74. The van der Waals surface area contributed by atoms with Crippen LogP contribution in [0.3, 0.4) is 0 Å². The van der Waals surface area contributed by atoms with Crippen LogP contribution in [0.15, 0.2) is 48.5 Å². The van der Waals surface area contributed by atoms with E-state index >= 15 is 0 Å². The van der Waals surface area contributed by atoms with Gasteiger partial charge in [0.25, 0.3) is 0 Å². The number of nitrogens with one attached hydrogen (secondary N) is 1. The molecule has 1 aliphatic heterocycles. The second-order valence-corrected chi connectivity index (χ2v) is 9.30. The highest BCUT2D eigenvalue weighted by atomic mass is 32.2. The molecule has 0 atom stereocenters. The first-order chi connectivity index (χ1) is 14.8. The van der Waals surface area contributed by atoms with E-state index in [1.165, 1.54) is 10.4 Å². The lowest BCUT2D eigenvalue weighted by molar-refractivity contribution is -0.113. The van der Waals surface area contributed by atoms with Crippen molar-refractivity contribution in [3.05, 3.63) is 59.7 Å². The van der Waals surface area contributed by atoms with Gasteiger partial charge < -0.3 is 15.0 Å². The number of sulfonamides is 1. The highest BCUT2D eigenvalue weighted by Crippen LogP contribution is 2.19. The summed E-state index contributed by atoms with van der Waals surface area (Å²) >= 11 is 0. The van der Waals surface area contributed by atoms with Crippen LogP contribution in [0, 0.1) is 6.92 Å². The molecule has 1 heterocycles. The number of carbonyl (C=O) groups excluding carboxylic acids is 2. The third-order valence-corrected chi connectivity index (χ3v) is 6.75. The molecule has 2 aromatic carbocycles. The Labute approximate surface area is 182 Å². The maximum atomic E-state index is 12.7. The van der Waals surface area contributed by atoms with E-state index in [1.54, 1.807) is 25.1 Å². The fourth-order valence-corrected chi connectivity index (χ4v) is 4.75. The maximum Gasteiger partial charge on any atom is 0.338 e. The Morgan fingerprint density at radius 2 is 1.74 bits per heavy atom. The van der Waals surface area contributed by atoms with E-state index in [2.05, 4.69) is 16.3 Å². The van der Waals surface area contributed by atoms with E-state index in [0.29, 0.717) is 31.9 Å². The second kappa shape index (κ2) is 9.93. The first-order valence-corrected chi connectivity index (χ1v) is 11.8. The van der Waals surface area contributed by atoms with Crippen LogP contribution in [0.4, 0.5) is 11.4 Å². The fraction of sp³-hybridized carbons (Fsp3) is 0.364. The van der Waals surface area contributed by atoms with Crippen molar-refractivity contribution in [1.82, 2.24) is 4.31 Å². The number of piperazine rings is 1. The molecular weight excluding hydrogens is 418 g/mol. The molecule has 1 fully saturated rings. The highest BCUT2D eigenvalue weighted by Gasteiger charge is 2.29. The summed E-state index contributed by atoms with van der Waals surface area (Å²) in [5, 5.41) is 2.55. The van der Waals surface area contributed by atoms with E-state index in [0.717, 1.165) is 11.3 Å². The number of benzene rings is 2. The van der Waals surface area contributed by atoms with Crippen LogP contribution in [-0.2, 0) is 19.6 Å². The Bertz CT molecular complexity index is 1050. The third kappa shape index (κ3) is 6.05. The molecule has 9 heteroatoms. The molecule has 0 saturated carbocycles. The van der Waals surface area contributed by atoms with Crippen LogP contribution < -0.4 is 10.2 Å². The van der Waals surface area contributed by atoms with E-state index in [-0.39, 0.29) is 12.2 Å². The van der Waals surface area contributed by atoms with E-state index < -0.39 is 27.7 Å². The zero-order chi connectivity index (χ0) is 22.4. The number of hydrogen-bond donors (Lipinski definition) is 1. The van der Waals surface area contributed by atoms with Crippen LogP contribution in [0.1, 0.15) is 22.8 Å². The van der Waals surface area contributed by atoms with Crippen molar-refractivity contribution in [2.75, 3.05) is 48.8 Å². The molecule has 0 radical (unpaired) electrons. The average molecular weight is 446 g/mol. The number of nitrogens with zero attached hydrogens (tertiary/aromatic N) is 2. The predicted octanol–water partition coefficient (Wildman–Crippen LogP) is 2.26. The zero-order valence-corrected chi connectivity index (χ0v) is 18.5. The van der Waals surface area contributed by atoms with Crippen molar-refractivity contribution in [3.8, 4) is 0 Å². The van der Waals surface area contributed by atoms with Crippen molar-refractivity contribution < 1.29 is 22.7 Å². The summed E-state index contributed by atoms with van der Waals surface area (Å²) in [6.45, 7) is 5.73. The number of anilines is 2. The Hall–Kier alpha value is -2.91. The lowest BCUT2D eigenvalue weighted by Gasteiger charge is -2.35. The number of esters is 1. The molecule has 31 heavy (non-hydrogen) atoms. The summed E-state index contributed by atoms with van der Waals surface area (Å²) in [5.41, 5.74) is 2.84. The van der Waals surface area contributed by atoms with Gasteiger partial charge in [-0.05, 0) is 49.7 Å². The van der Waals surface area contributed by atoms with Gasteiger partial charge in [-0.15, -0.1) is 0 Å². The summed E-state index contributed by atoms with van der Waals surface area (Å²) in [6.07, 6.45) is 0.